The molecule has 0 unspecified atom stereocenters. The van der Waals surface area contributed by atoms with Crippen LogP contribution in [-0.2, 0) is 9.53 Å². The van der Waals surface area contributed by atoms with E-state index in [1.165, 1.54) is 0 Å². The Kier molecular flexibility index (Phi) is 4.97. The molecule has 1 aromatic rings. The van der Waals surface area contributed by atoms with Gasteiger partial charge in [0.05, 0.1) is 13.0 Å². The largest absolute Gasteiger partial charge is 0.398 e. The number of amides is 1. The van der Waals surface area contributed by atoms with Crippen LogP contribution in [-0.4, -0.2) is 19.1 Å². The minimum atomic E-state index is -0.0461. The molecule has 1 amide bonds. The van der Waals surface area contributed by atoms with Gasteiger partial charge < -0.3 is 15.8 Å². The van der Waals surface area contributed by atoms with Crippen molar-refractivity contribution in [3.05, 3.63) is 23.3 Å². The average molecular weight is 236 g/mol. The van der Waals surface area contributed by atoms with Crippen LogP contribution in [0, 0.1) is 13.8 Å². The van der Waals surface area contributed by atoms with Gasteiger partial charge in [-0.05, 0) is 38.0 Å². The lowest BCUT2D eigenvalue weighted by molar-refractivity contribution is -0.117. The molecule has 1 rings (SSSR count). The van der Waals surface area contributed by atoms with E-state index in [0.29, 0.717) is 25.3 Å². The van der Waals surface area contributed by atoms with Crippen LogP contribution in [0.15, 0.2) is 12.1 Å². The van der Waals surface area contributed by atoms with E-state index >= 15 is 0 Å². The Morgan fingerprint density at radius 2 is 2.12 bits per heavy atom. The first-order valence-electron chi connectivity index (χ1n) is 5.79. The van der Waals surface area contributed by atoms with Gasteiger partial charge in [-0.25, -0.2) is 0 Å². The number of hydrogen-bond acceptors (Lipinski definition) is 3. The number of aryl methyl sites for hydroxylation is 1. The third-order valence-corrected chi connectivity index (χ3v) is 2.66. The highest BCUT2D eigenvalue weighted by molar-refractivity contribution is 5.93. The number of nitrogen functional groups attached to an aromatic ring is 1. The molecule has 0 radical (unpaired) electrons. The molecule has 0 fully saturated rings. The van der Waals surface area contributed by atoms with Crippen molar-refractivity contribution in [2.75, 3.05) is 24.3 Å². The zero-order valence-corrected chi connectivity index (χ0v) is 10.7. The first-order chi connectivity index (χ1) is 8.06. The number of hydrogen-bond donors (Lipinski definition) is 2. The highest BCUT2D eigenvalue weighted by Gasteiger charge is 2.09. The molecular weight excluding hydrogens is 216 g/mol. The van der Waals surface area contributed by atoms with E-state index in [2.05, 4.69) is 5.32 Å². The second-order valence-corrected chi connectivity index (χ2v) is 3.97. The lowest BCUT2D eigenvalue weighted by Crippen LogP contribution is -2.16. The summed E-state index contributed by atoms with van der Waals surface area (Å²) < 4.78 is 5.14. The van der Waals surface area contributed by atoms with Crippen LogP contribution in [0.25, 0.3) is 0 Å². The maximum absolute atomic E-state index is 11.7. The van der Waals surface area contributed by atoms with Gasteiger partial charge in [0.1, 0.15) is 0 Å². The van der Waals surface area contributed by atoms with Crippen molar-refractivity contribution in [2.45, 2.75) is 27.2 Å². The predicted molar refractivity (Wildman–Crippen MR) is 70.1 cm³/mol. The molecule has 17 heavy (non-hydrogen) atoms. The lowest BCUT2D eigenvalue weighted by atomic mass is 10.1. The van der Waals surface area contributed by atoms with Crippen molar-refractivity contribution in [2.24, 2.45) is 0 Å². The van der Waals surface area contributed by atoms with Crippen LogP contribution < -0.4 is 11.1 Å². The molecule has 0 heterocycles. The SMILES string of the molecule is CCOCCC(=O)Nc1c(C)ccc(N)c1C. The fraction of sp³-hybridized carbons (Fsp3) is 0.462. The van der Waals surface area contributed by atoms with E-state index in [0.717, 1.165) is 16.8 Å². The summed E-state index contributed by atoms with van der Waals surface area (Å²) in [6.07, 6.45) is 0.363. The van der Waals surface area contributed by atoms with E-state index in [1.54, 1.807) is 0 Å². The third-order valence-electron chi connectivity index (χ3n) is 2.66. The Bertz CT molecular complexity index is 403. The molecule has 94 valence electrons. The molecule has 0 aliphatic heterocycles. The molecule has 0 aromatic heterocycles. The zero-order chi connectivity index (χ0) is 12.8. The molecule has 4 nitrogen and oxygen atoms in total. The Labute approximate surface area is 102 Å². The fourth-order valence-electron chi connectivity index (χ4n) is 1.57. The molecule has 4 heteroatoms. The number of rotatable bonds is 5. The first-order valence-corrected chi connectivity index (χ1v) is 5.79. The van der Waals surface area contributed by atoms with Gasteiger partial charge in [-0.2, -0.15) is 0 Å². The molecule has 0 bridgehead atoms. The fourth-order valence-corrected chi connectivity index (χ4v) is 1.57. The minimum Gasteiger partial charge on any atom is -0.398 e. The molecule has 0 saturated carbocycles. The van der Waals surface area contributed by atoms with Gasteiger partial charge in [-0.3, -0.25) is 4.79 Å². The Morgan fingerprint density at radius 1 is 1.41 bits per heavy atom. The van der Waals surface area contributed by atoms with Crippen LogP contribution in [0.3, 0.4) is 0 Å². The Balaban J connectivity index is 2.68. The Hall–Kier alpha value is -1.55. The van der Waals surface area contributed by atoms with Crippen molar-refractivity contribution in [1.82, 2.24) is 0 Å². The summed E-state index contributed by atoms with van der Waals surface area (Å²) in [5, 5.41) is 2.88. The van der Waals surface area contributed by atoms with Crippen LogP contribution in [0.5, 0.6) is 0 Å². The van der Waals surface area contributed by atoms with Gasteiger partial charge in [0.25, 0.3) is 0 Å². The van der Waals surface area contributed by atoms with Crippen molar-refractivity contribution >= 4 is 17.3 Å². The van der Waals surface area contributed by atoms with E-state index in [-0.39, 0.29) is 5.91 Å². The normalized spacial score (nSPS) is 10.3. The minimum absolute atomic E-state index is 0.0461. The van der Waals surface area contributed by atoms with Gasteiger partial charge in [0, 0.05) is 18.0 Å². The second kappa shape index (κ2) is 6.25. The molecule has 3 N–H and O–H groups in total. The van der Waals surface area contributed by atoms with Crippen molar-refractivity contribution in [3.63, 3.8) is 0 Å². The monoisotopic (exact) mass is 236 g/mol. The maximum Gasteiger partial charge on any atom is 0.226 e. The highest BCUT2D eigenvalue weighted by Crippen LogP contribution is 2.25. The second-order valence-electron chi connectivity index (χ2n) is 3.97. The molecule has 0 aliphatic rings. The lowest BCUT2D eigenvalue weighted by Gasteiger charge is -2.13. The molecular formula is C13H20N2O2. The summed E-state index contributed by atoms with van der Waals surface area (Å²) in [5.74, 6) is -0.0461. The number of ether oxygens (including phenoxy) is 1. The number of nitrogens with two attached hydrogens (primary N) is 1. The number of carbonyl (C=O) groups excluding carboxylic acids is 1. The summed E-state index contributed by atoms with van der Waals surface area (Å²) in [5.41, 5.74) is 9.24. The smallest absolute Gasteiger partial charge is 0.226 e. The number of anilines is 2. The van der Waals surface area contributed by atoms with Crippen LogP contribution in [0.4, 0.5) is 11.4 Å². The predicted octanol–water partition coefficient (Wildman–Crippen LogP) is 2.25. The van der Waals surface area contributed by atoms with E-state index in [9.17, 15) is 4.79 Å². The quantitative estimate of drug-likeness (QED) is 0.608. The number of benzene rings is 1. The van der Waals surface area contributed by atoms with Crippen LogP contribution >= 0.6 is 0 Å². The van der Waals surface area contributed by atoms with Gasteiger partial charge in [0.2, 0.25) is 5.91 Å². The van der Waals surface area contributed by atoms with Crippen molar-refractivity contribution in [3.8, 4) is 0 Å². The molecule has 0 saturated heterocycles. The maximum atomic E-state index is 11.7. The summed E-state index contributed by atoms with van der Waals surface area (Å²) in [7, 11) is 0. The molecule has 1 aromatic carbocycles. The highest BCUT2D eigenvalue weighted by atomic mass is 16.5. The summed E-state index contributed by atoms with van der Waals surface area (Å²) >= 11 is 0. The number of nitrogens with one attached hydrogen (secondary N) is 1. The number of carbonyl (C=O) groups is 1. The molecule has 0 spiro atoms. The Morgan fingerprint density at radius 3 is 2.76 bits per heavy atom. The van der Waals surface area contributed by atoms with Gasteiger partial charge >= 0.3 is 0 Å². The molecule has 0 aliphatic carbocycles. The summed E-state index contributed by atoms with van der Waals surface area (Å²) in [6.45, 7) is 6.83. The average Bonchev–Trinajstić information content (AvgIpc) is 2.30. The van der Waals surface area contributed by atoms with E-state index < -0.39 is 0 Å². The van der Waals surface area contributed by atoms with Gasteiger partial charge in [-0.15, -0.1) is 0 Å². The first kappa shape index (κ1) is 13.5. The topological polar surface area (TPSA) is 64.3 Å². The summed E-state index contributed by atoms with van der Waals surface area (Å²) in [4.78, 5) is 11.7. The third kappa shape index (κ3) is 3.75. The van der Waals surface area contributed by atoms with Crippen molar-refractivity contribution in [1.29, 1.82) is 0 Å². The van der Waals surface area contributed by atoms with Crippen LogP contribution in [0.2, 0.25) is 0 Å². The standard InChI is InChI=1S/C13H20N2O2/c1-4-17-8-7-12(16)15-13-9(2)5-6-11(14)10(13)3/h5-6H,4,7-8,14H2,1-3H3,(H,15,16). The van der Waals surface area contributed by atoms with E-state index in [1.807, 2.05) is 32.9 Å². The van der Waals surface area contributed by atoms with Gasteiger partial charge in [0.15, 0.2) is 0 Å². The molecule has 0 atom stereocenters. The van der Waals surface area contributed by atoms with Crippen molar-refractivity contribution < 1.29 is 9.53 Å². The van der Waals surface area contributed by atoms with E-state index in [4.69, 9.17) is 10.5 Å². The summed E-state index contributed by atoms with van der Waals surface area (Å²) in [6, 6.07) is 3.75. The van der Waals surface area contributed by atoms with Gasteiger partial charge in [-0.1, -0.05) is 6.07 Å². The zero-order valence-electron chi connectivity index (χ0n) is 10.7. The van der Waals surface area contributed by atoms with Crippen LogP contribution in [0.1, 0.15) is 24.5 Å².